The van der Waals surface area contributed by atoms with Gasteiger partial charge in [0.1, 0.15) is 0 Å². The van der Waals surface area contributed by atoms with E-state index in [1.807, 2.05) is 18.5 Å². The van der Waals surface area contributed by atoms with Crippen molar-refractivity contribution >= 4 is 11.7 Å². The Bertz CT molecular complexity index is 778. The van der Waals surface area contributed by atoms with Crippen molar-refractivity contribution in [2.75, 3.05) is 0 Å². The van der Waals surface area contributed by atoms with Crippen LogP contribution in [0.4, 0.5) is 0 Å². The second-order valence-electron chi connectivity index (χ2n) is 5.94. The second kappa shape index (κ2) is 7.38. The Labute approximate surface area is 142 Å². The van der Waals surface area contributed by atoms with Gasteiger partial charge in [0.05, 0.1) is 23.5 Å². The fourth-order valence-electron chi connectivity index (χ4n) is 2.80. The van der Waals surface area contributed by atoms with Crippen LogP contribution in [0, 0.1) is 20.8 Å². The highest BCUT2D eigenvalue weighted by atomic mass is 16.1. The first-order valence-electron chi connectivity index (χ1n) is 8.14. The molecule has 2 heterocycles. The van der Waals surface area contributed by atoms with Crippen LogP contribution in [0.1, 0.15) is 63.8 Å². The summed E-state index contributed by atoms with van der Waals surface area (Å²) in [6.07, 6.45) is 0.967. The predicted molar refractivity (Wildman–Crippen MR) is 92.1 cm³/mol. The van der Waals surface area contributed by atoms with E-state index < -0.39 is 0 Å². The van der Waals surface area contributed by atoms with E-state index in [1.54, 1.807) is 19.1 Å². The molecule has 0 aromatic carbocycles. The van der Waals surface area contributed by atoms with Crippen molar-refractivity contribution in [2.24, 2.45) is 0 Å². The number of hydrogen-bond donors (Lipinski definition) is 1. The molecular weight excluding hydrogens is 304 g/mol. The van der Waals surface area contributed by atoms with E-state index in [1.165, 1.54) is 6.92 Å². The third kappa shape index (κ3) is 3.69. The number of carbonyl (C=O) groups excluding carboxylic acids is 2. The Morgan fingerprint density at radius 3 is 2.46 bits per heavy atom. The maximum absolute atomic E-state index is 12.5. The first-order chi connectivity index (χ1) is 11.3. The van der Waals surface area contributed by atoms with Gasteiger partial charge in [0, 0.05) is 23.5 Å². The van der Waals surface area contributed by atoms with Gasteiger partial charge in [0.25, 0.3) is 5.91 Å². The Hall–Kier alpha value is -2.50. The monoisotopic (exact) mass is 328 g/mol. The number of hydrogen-bond acceptors (Lipinski definition) is 4. The van der Waals surface area contributed by atoms with Crippen molar-refractivity contribution in [3.05, 3.63) is 46.0 Å². The molecule has 6 heteroatoms. The SMILES string of the molecule is CCCn1nc(C)c(C(=O)NCc2ccc(C(C)=O)c(C)n2)c1C. The molecule has 0 radical (unpaired) electrons. The minimum atomic E-state index is -0.151. The van der Waals surface area contributed by atoms with Crippen LogP contribution in [0.15, 0.2) is 12.1 Å². The third-order valence-corrected chi connectivity index (χ3v) is 4.00. The zero-order valence-electron chi connectivity index (χ0n) is 14.9. The first kappa shape index (κ1) is 17.8. The van der Waals surface area contributed by atoms with Crippen molar-refractivity contribution in [1.82, 2.24) is 20.1 Å². The summed E-state index contributed by atoms with van der Waals surface area (Å²) in [5.74, 6) is -0.160. The topological polar surface area (TPSA) is 76.9 Å². The number of aromatic nitrogens is 3. The van der Waals surface area contributed by atoms with E-state index in [4.69, 9.17) is 0 Å². The van der Waals surface area contributed by atoms with E-state index in [-0.39, 0.29) is 11.7 Å². The molecule has 0 unspecified atom stereocenters. The molecule has 0 aliphatic heterocycles. The zero-order valence-corrected chi connectivity index (χ0v) is 14.9. The molecule has 0 aliphatic carbocycles. The van der Waals surface area contributed by atoms with Crippen LogP contribution in [0.5, 0.6) is 0 Å². The van der Waals surface area contributed by atoms with Gasteiger partial charge in [-0.15, -0.1) is 0 Å². The van der Waals surface area contributed by atoms with E-state index >= 15 is 0 Å². The molecular formula is C18H24N4O2. The molecule has 2 aromatic rings. The van der Waals surface area contributed by atoms with Gasteiger partial charge in [-0.1, -0.05) is 6.92 Å². The summed E-state index contributed by atoms with van der Waals surface area (Å²) in [6.45, 7) is 10.3. The van der Waals surface area contributed by atoms with Crippen LogP contribution in [0.25, 0.3) is 0 Å². The maximum Gasteiger partial charge on any atom is 0.255 e. The van der Waals surface area contributed by atoms with Gasteiger partial charge in [-0.25, -0.2) is 0 Å². The van der Waals surface area contributed by atoms with Gasteiger partial charge < -0.3 is 5.32 Å². The summed E-state index contributed by atoms with van der Waals surface area (Å²) in [4.78, 5) is 28.3. The Balaban J connectivity index is 2.11. The van der Waals surface area contributed by atoms with E-state index in [0.29, 0.717) is 23.4 Å². The average Bonchev–Trinajstić information content (AvgIpc) is 2.79. The Morgan fingerprint density at radius 1 is 1.17 bits per heavy atom. The number of ketones is 1. The Kier molecular flexibility index (Phi) is 5.49. The van der Waals surface area contributed by atoms with Crippen molar-refractivity contribution in [3.63, 3.8) is 0 Å². The summed E-state index contributed by atoms with van der Waals surface area (Å²) in [5, 5.41) is 7.31. The van der Waals surface area contributed by atoms with Crippen molar-refractivity contribution < 1.29 is 9.59 Å². The van der Waals surface area contributed by atoms with Gasteiger partial charge in [-0.05, 0) is 46.2 Å². The van der Waals surface area contributed by atoms with Gasteiger partial charge in [-0.2, -0.15) is 5.10 Å². The number of pyridine rings is 1. The lowest BCUT2D eigenvalue weighted by Gasteiger charge is -2.08. The summed E-state index contributed by atoms with van der Waals surface area (Å²) < 4.78 is 1.87. The number of aryl methyl sites for hydroxylation is 3. The standard InChI is InChI=1S/C18H24N4O2/c1-6-9-22-13(4)17(12(3)21-22)18(24)19-10-15-7-8-16(14(5)23)11(2)20-15/h7-8H,6,9-10H2,1-5H3,(H,19,24). The molecule has 2 rings (SSSR count). The number of Topliss-reactive ketones (excluding diaryl/α,β-unsaturated/α-hetero) is 1. The van der Waals surface area contributed by atoms with Crippen LogP contribution >= 0.6 is 0 Å². The molecule has 0 saturated heterocycles. The number of nitrogens with zero attached hydrogens (tertiary/aromatic N) is 3. The van der Waals surface area contributed by atoms with Crippen LogP contribution in [0.3, 0.4) is 0 Å². The molecule has 0 aliphatic rings. The lowest BCUT2D eigenvalue weighted by Crippen LogP contribution is -2.24. The van der Waals surface area contributed by atoms with Crippen LogP contribution < -0.4 is 5.32 Å². The third-order valence-electron chi connectivity index (χ3n) is 4.00. The summed E-state index contributed by atoms with van der Waals surface area (Å²) in [7, 11) is 0. The Morgan fingerprint density at radius 2 is 1.88 bits per heavy atom. The highest BCUT2D eigenvalue weighted by Gasteiger charge is 2.18. The molecule has 1 amide bonds. The average molecular weight is 328 g/mol. The summed E-state index contributed by atoms with van der Waals surface area (Å²) in [6, 6.07) is 3.52. The quantitative estimate of drug-likeness (QED) is 0.827. The highest BCUT2D eigenvalue weighted by molar-refractivity contribution is 5.96. The van der Waals surface area contributed by atoms with E-state index in [0.717, 1.165) is 30.0 Å². The predicted octanol–water partition coefficient (Wildman–Crippen LogP) is 2.75. The van der Waals surface area contributed by atoms with Crippen molar-refractivity contribution in [1.29, 1.82) is 0 Å². The molecule has 6 nitrogen and oxygen atoms in total. The second-order valence-corrected chi connectivity index (χ2v) is 5.94. The molecule has 0 fully saturated rings. The number of nitrogens with one attached hydrogen (secondary N) is 1. The lowest BCUT2D eigenvalue weighted by atomic mass is 10.1. The molecule has 24 heavy (non-hydrogen) atoms. The van der Waals surface area contributed by atoms with Gasteiger partial charge >= 0.3 is 0 Å². The van der Waals surface area contributed by atoms with Gasteiger partial charge in [0.15, 0.2) is 5.78 Å². The highest BCUT2D eigenvalue weighted by Crippen LogP contribution is 2.14. The van der Waals surface area contributed by atoms with Crippen LogP contribution in [-0.2, 0) is 13.1 Å². The molecule has 1 N–H and O–H groups in total. The normalized spacial score (nSPS) is 10.7. The molecule has 0 atom stereocenters. The largest absolute Gasteiger partial charge is 0.346 e. The van der Waals surface area contributed by atoms with E-state index in [2.05, 4.69) is 22.3 Å². The number of amides is 1. The van der Waals surface area contributed by atoms with Crippen molar-refractivity contribution in [3.8, 4) is 0 Å². The van der Waals surface area contributed by atoms with Crippen LogP contribution in [0.2, 0.25) is 0 Å². The smallest absolute Gasteiger partial charge is 0.255 e. The number of carbonyl (C=O) groups is 2. The van der Waals surface area contributed by atoms with Crippen LogP contribution in [-0.4, -0.2) is 26.5 Å². The summed E-state index contributed by atoms with van der Waals surface area (Å²) in [5.41, 5.74) is 4.25. The maximum atomic E-state index is 12.5. The van der Waals surface area contributed by atoms with Gasteiger partial charge in [-0.3, -0.25) is 19.3 Å². The lowest BCUT2D eigenvalue weighted by molar-refractivity contribution is 0.0947. The van der Waals surface area contributed by atoms with E-state index in [9.17, 15) is 9.59 Å². The zero-order chi connectivity index (χ0) is 17.9. The molecule has 0 spiro atoms. The minimum Gasteiger partial charge on any atom is -0.346 e. The fourth-order valence-corrected chi connectivity index (χ4v) is 2.80. The molecule has 128 valence electrons. The molecule has 0 bridgehead atoms. The summed E-state index contributed by atoms with van der Waals surface area (Å²) >= 11 is 0. The van der Waals surface area contributed by atoms with Gasteiger partial charge in [0.2, 0.25) is 0 Å². The van der Waals surface area contributed by atoms with Crippen molar-refractivity contribution in [2.45, 2.75) is 54.1 Å². The molecule has 2 aromatic heterocycles. The molecule has 0 saturated carbocycles. The first-order valence-corrected chi connectivity index (χ1v) is 8.14. The number of rotatable bonds is 6. The minimum absolute atomic E-state index is 0.00910. The fraction of sp³-hybridized carbons (Fsp3) is 0.444.